The Morgan fingerprint density at radius 3 is 2.75 bits per heavy atom. The van der Waals surface area contributed by atoms with E-state index in [-0.39, 0.29) is 11.5 Å². The molecule has 1 aliphatic heterocycles. The van der Waals surface area contributed by atoms with Gasteiger partial charge in [0.2, 0.25) is 0 Å². The number of fused-ring (bicyclic) bond motifs is 1. The molecule has 0 unspecified atom stereocenters. The summed E-state index contributed by atoms with van der Waals surface area (Å²) in [4.78, 5) is 23.2. The molecule has 28 heavy (non-hydrogen) atoms. The van der Waals surface area contributed by atoms with Gasteiger partial charge in [-0.15, -0.1) is 0 Å². The molecule has 0 atom stereocenters. The van der Waals surface area contributed by atoms with E-state index in [4.69, 9.17) is 11.6 Å². The molecule has 9 heteroatoms. The Kier molecular flexibility index (Phi) is 4.97. The molecule has 0 aliphatic carbocycles. The first kappa shape index (κ1) is 18.7. The Labute approximate surface area is 165 Å². The number of alkyl halides is 2. The van der Waals surface area contributed by atoms with Gasteiger partial charge in [-0.1, -0.05) is 11.6 Å². The van der Waals surface area contributed by atoms with Crippen LogP contribution in [0.25, 0.3) is 11.0 Å². The van der Waals surface area contributed by atoms with Gasteiger partial charge in [0.15, 0.2) is 5.65 Å². The molecule has 3 aromatic heterocycles. The number of carbonyl (C=O) groups is 1. The number of aryl methyl sites for hydroxylation is 1. The summed E-state index contributed by atoms with van der Waals surface area (Å²) in [7, 11) is 1.53. The number of amides is 1. The van der Waals surface area contributed by atoms with Gasteiger partial charge in [0, 0.05) is 49.5 Å². The molecular formula is C19H18ClF2N5O. The van der Waals surface area contributed by atoms with E-state index in [2.05, 4.69) is 15.1 Å². The van der Waals surface area contributed by atoms with Gasteiger partial charge in [0.05, 0.1) is 10.6 Å². The van der Waals surface area contributed by atoms with Gasteiger partial charge in [0.1, 0.15) is 5.69 Å². The maximum Gasteiger partial charge on any atom is 0.282 e. The van der Waals surface area contributed by atoms with Crippen LogP contribution in [0.4, 0.5) is 8.78 Å². The fourth-order valence-electron chi connectivity index (χ4n) is 3.61. The minimum absolute atomic E-state index is 0.0270. The molecule has 3 aromatic rings. The summed E-state index contributed by atoms with van der Waals surface area (Å²) in [6.07, 6.45) is 1.57. The average molecular weight is 406 g/mol. The molecule has 4 rings (SSSR count). The van der Waals surface area contributed by atoms with Crippen LogP contribution >= 0.6 is 11.6 Å². The normalized spacial score (nSPS) is 15.5. The number of nitrogens with zero attached hydrogens (tertiary/aromatic N) is 5. The lowest BCUT2D eigenvalue weighted by molar-refractivity contribution is 0.0700. The van der Waals surface area contributed by atoms with Crippen LogP contribution in [0, 0.1) is 0 Å². The van der Waals surface area contributed by atoms with Gasteiger partial charge in [-0.25, -0.2) is 18.7 Å². The predicted molar refractivity (Wildman–Crippen MR) is 101 cm³/mol. The molecule has 1 saturated heterocycles. The Hall–Kier alpha value is -2.61. The second-order valence-electron chi connectivity index (χ2n) is 6.91. The topological polar surface area (TPSA) is 63.9 Å². The summed E-state index contributed by atoms with van der Waals surface area (Å²) >= 11 is 5.95. The summed E-state index contributed by atoms with van der Waals surface area (Å²) in [5, 5.41) is 5.15. The first-order valence-corrected chi connectivity index (χ1v) is 9.33. The van der Waals surface area contributed by atoms with E-state index in [9.17, 15) is 13.6 Å². The van der Waals surface area contributed by atoms with Gasteiger partial charge in [-0.05, 0) is 31.0 Å². The summed E-state index contributed by atoms with van der Waals surface area (Å²) in [5.74, 6) is -0.209. The highest BCUT2D eigenvalue weighted by Crippen LogP contribution is 2.30. The van der Waals surface area contributed by atoms with E-state index in [1.54, 1.807) is 11.1 Å². The van der Waals surface area contributed by atoms with Crippen LogP contribution in [0.5, 0.6) is 0 Å². The number of hydrogen-bond acceptors (Lipinski definition) is 4. The van der Waals surface area contributed by atoms with Gasteiger partial charge < -0.3 is 4.90 Å². The third-order valence-corrected chi connectivity index (χ3v) is 5.23. The molecule has 0 radical (unpaired) electrons. The van der Waals surface area contributed by atoms with Gasteiger partial charge in [0.25, 0.3) is 12.3 Å². The number of rotatable bonds is 3. The monoisotopic (exact) mass is 405 g/mol. The SMILES string of the molecule is Cn1cc(C(=O)N2CCC(c3ccc4cc(Cl)cnc4n3)CC2)c(C(F)F)n1. The van der Waals surface area contributed by atoms with Crippen molar-refractivity contribution in [3.63, 3.8) is 0 Å². The standard InChI is InChI=1S/C19H18ClF2N5O/c1-26-10-14(16(25-26)17(21)22)19(28)27-6-4-11(5-7-27)15-3-2-12-8-13(20)9-23-18(12)24-15/h2-3,8-11,17H,4-7H2,1H3. The van der Waals surface area contributed by atoms with Gasteiger partial charge in [-0.3, -0.25) is 9.48 Å². The van der Waals surface area contributed by atoms with Crippen molar-refractivity contribution in [1.29, 1.82) is 0 Å². The second-order valence-corrected chi connectivity index (χ2v) is 7.34. The number of halogens is 3. The molecule has 0 bridgehead atoms. The summed E-state index contributed by atoms with van der Waals surface area (Å²) < 4.78 is 27.5. The molecule has 1 amide bonds. The molecule has 146 valence electrons. The van der Waals surface area contributed by atoms with Crippen LogP contribution in [-0.4, -0.2) is 43.6 Å². The Balaban J connectivity index is 1.47. The molecular weight excluding hydrogens is 388 g/mol. The zero-order valence-electron chi connectivity index (χ0n) is 15.1. The first-order valence-electron chi connectivity index (χ1n) is 8.95. The van der Waals surface area contributed by atoms with E-state index in [0.717, 1.165) is 11.1 Å². The van der Waals surface area contributed by atoms with E-state index in [1.807, 2.05) is 18.2 Å². The van der Waals surface area contributed by atoms with Crippen molar-refractivity contribution in [2.24, 2.45) is 7.05 Å². The van der Waals surface area contributed by atoms with Crippen molar-refractivity contribution < 1.29 is 13.6 Å². The Morgan fingerprint density at radius 2 is 2.04 bits per heavy atom. The lowest BCUT2D eigenvalue weighted by Gasteiger charge is -2.31. The molecule has 0 spiro atoms. The smallest absolute Gasteiger partial charge is 0.282 e. The Morgan fingerprint density at radius 1 is 1.29 bits per heavy atom. The van der Waals surface area contributed by atoms with Crippen LogP contribution in [0.2, 0.25) is 5.02 Å². The molecule has 0 saturated carbocycles. The second kappa shape index (κ2) is 7.43. The summed E-state index contributed by atoms with van der Waals surface area (Å²) in [6.45, 7) is 0.962. The molecule has 1 fully saturated rings. The highest BCUT2D eigenvalue weighted by atomic mass is 35.5. The van der Waals surface area contributed by atoms with Crippen molar-refractivity contribution in [3.05, 3.63) is 52.6 Å². The van der Waals surface area contributed by atoms with Crippen LogP contribution in [0.3, 0.4) is 0 Å². The zero-order valence-corrected chi connectivity index (χ0v) is 15.9. The third-order valence-electron chi connectivity index (χ3n) is 5.03. The van der Waals surface area contributed by atoms with Crippen molar-refractivity contribution in [2.45, 2.75) is 25.2 Å². The predicted octanol–water partition coefficient (Wildman–Crippen LogP) is 3.97. The van der Waals surface area contributed by atoms with Crippen molar-refractivity contribution in [2.75, 3.05) is 13.1 Å². The lowest BCUT2D eigenvalue weighted by Crippen LogP contribution is -2.38. The van der Waals surface area contributed by atoms with Crippen LogP contribution in [0.1, 0.15) is 46.9 Å². The van der Waals surface area contributed by atoms with Crippen molar-refractivity contribution in [3.8, 4) is 0 Å². The van der Waals surface area contributed by atoms with Crippen LogP contribution < -0.4 is 0 Å². The number of aromatic nitrogens is 4. The Bertz CT molecular complexity index is 1030. The summed E-state index contributed by atoms with van der Waals surface area (Å²) in [5.41, 5.74) is 1.07. The van der Waals surface area contributed by atoms with Gasteiger partial charge in [-0.2, -0.15) is 5.10 Å². The average Bonchev–Trinajstić information content (AvgIpc) is 3.09. The molecule has 4 heterocycles. The zero-order chi connectivity index (χ0) is 19.8. The maximum atomic E-state index is 13.1. The fraction of sp³-hybridized carbons (Fsp3) is 0.368. The number of carbonyl (C=O) groups excluding carboxylic acids is 1. The van der Waals surface area contributed by atoms with Crippen molar-refractivity contribution >= 4 is 28.5 Å². The van der Waals surface area contributed by atoms with Crippen LogP contribution in [-0.2, 0) is 7.05 Å². The summed E-state index contributed by atoms with van der Waals surface area (Å²) in [6, 6.07) is 5.72. The largest absolute Gasteiger partial charge is 0.338 e. The van der Waals surface area contributed by atoms with Crippen LogP contribution in [0.15, 0.2) is 30.6 Å². The quantitative estimate of drug-likeness (QED) is 0.661. The third kappa shape index (κ3) is 3.56. The minimum atomic E-state index is -2.78. The number of hydrogen-bond donors (Lipinski definition) is 0. The molecule has 0 N–H and O–H groups in total. The number of piperidine rings is 1. The molecule has 0 aromatic carbocycles. The first-order chi connectivity index (χ1) is 13.4. The highest BCUT2D eigenvalue weighted by Gasteiger charge is 2.30. The minimum Gasteiger partial charge on any atom is -0.338 e. The van der Waals surface area contributed by atoms with Crippen molar-refractivity contribution in [1.82, 2.24) is 24.6 Å². The fourth-order valence-corrected chi connectivity index (χ4v) is 3.77. The van der Waals surface area contributed by atoms with Gasteiger partial charge >= 0.3 is 0 Å². The van der Waals surface area contributed by atoms with E-state index in [1.165, 1.54) is 17.9 Å². The highest BCUT2D eigenvalue weighted by molar-refractivity contribution is 6.31. The molecule has 6 nitrogen and oxygen atoms in total. The van der Waals surface area contributed by atoms with E-state index < -0.39 is 18.0 Å². The number of likely N-dealkylation sites (tertiary alicyclic amines) is 1. The van der Waals surface area contributed by atoms with E-state index >= 15 is 0 Å². The maximum absolute atomic E-state index is 13.1. The van der Waals surface area contributed by atoms with E-state index in [0.29, 0.717) is 36.6 Å². The number of pyridine rings is 2. The molecule has 1 aliphatic rings. The lowest BCUT2D eigenvalue weighted by atomic mass is 9.92.